The van der Waals surface area contributed by atoms with Gasteiger partial charge in [-0.3, -0.25) is 0 Å². The lowest BCUT2D eigenvalue weighted by Crippen LogP contribution is -1.99. The maximum atomic E-state index is 10.1. The van der Waals surface area contributed by atoms with Crippen LogP contribution in [0.2, 0.25) is 0 Å². The summed E-state index contributed by atoms with van der Waals surface area (Å²) in [5, 5.41) is 0. The van der Waals surface area contributed by atoms with Crippen molar-refractivity contribution in [3.05, 3.63) is 18.1 Å². The summed E-state index contributed by atoms with van der Waals surface area (Å²) in [7, 11) is 1.40. The van der Waals surface area contributed by atoms with Gasteiger partial charge in [0.15, 0.2) is 0 Å². The summed E-state index contributed by atoms with van der Waals surface area (Å²) in [4.78, 5) is 27.1. The second-order valence-electron chi connectivity index (χ2n) is 2.27. The molecule has 0 aliphatic rings. The number of carbonyl (C=O) groups is 1. The van der Waals surface area contributed by atoms with Crippen LogP contribution >= 0.6 is 0 Å². The molecule has 5 nitrogen and oxygen atoms in total. The SMILES string of the molecule is COOc1ccnc(CCC=O)n1. The van der Waals surface area contributed by atoms with E-state index in [0.29, 0.717) is 24.5 Å². The standard InChI is InChI=1S/C8H10N2O3/c1-12-13-8-4-5-9-7(10-8)3-2-6-11/h4-6H,2-3H2,1H3. The summed E-state index contributed by atoms with van der Waals surface area (Å²) >= 11 is 0. The minimum Gasteiger partial charge on any atom is -0.317 e. The lowest BCUT2D eigenvalue weighted by atomic mass is 10.3. The highest BCUT2D eigenvalue weighted by Crippen LogP contribution is 2.05. The maximum absolute atomic E-state index is 10.1. The molecule has 0 fully saturated rings. The highest BCUT2D eigenvalue weighted by Gasteiger charge is 1.99. The molecule has 0 atom stereocenters. The zero-order chi connectivity index (χ0) is 9.52. The maximum Gasteiger partial charge on any atom is 0.259 e. The average molecular weight is 182 g/mol. The average Bonchev–Trinajstić information content (AvgIpc) is 2.16. The van der Waals surface area contributed by atoms with E-state index in [1.54, 1.807) is 12.3 Å². The molecule has 1 aromatic heterocycles. The lowest BCUT2D eigenvalue weighted by Gasteiger charge is -2.00. The Morgan fingerprint density at radius 3 is 3.15 bits per heavy atom. The van der Waals surface area contributed by atoms with Gasteiger partial charge in [0.05, 0.1) is 7.11 Å². The van der Waals surface area contributed by atoms with Gasteiger partial charge in [0.2, 0.25) is 0 Å². The number of hydrogen-bond acceptors (Lipinski definition) is 5. The third-order valence-electron chi connectivity index (χ3n) is 1.33. The van der Waals surface area contributed by atoms with Gasteiger partial charge in [-0.1, -0.05) is 0 Å². The third kappa shape index (κ3) is 3.16. The quantitative estimate of drug-likeness (QED) is 0.378. The second-order valence-corrected chi connectivity index (χ2v) is 2.27. The molecule has 0 saturated heterocycles. The minimum atomic E-state index is 0.346. The topological polar surface area (TPSA) is 61.3 Å². The summed E-state index contributed by atoms with van der Waals surface area (Å²) in [5.74, 6) is 0.917. The van der Waals surface area contributed by atoms with Crippen LogP contribution in [0.4, 0.5) is 0 Å². The fourth-order valence-corrected chi connectivity index (χ4v) is 0.821. The Bertz CT molecular complexity index is 278. The van der Waals surface area contributed by atoms with Crippen LogP contribution in [0.15, 0.2) is 12.3 Å². The molecular weight excluding hydrogens is 172 g/mol. The summed E-state index contributed by atoms with van der Waals surface area (Å²) in [6.07, 6.45) is 3.32. The van der Waals surface area contributed by atoms with Gasteiger partial charge in [0.1, 0.15) is 12.1 Å². The Morgan fingerprint density at radius 2 is 2.46 bits per heavy atom. The first kappa shape index (κ1) is 9.60. The van der Waals surface area contributed by atoms with Crippen LogP contribution in [-0.4, -0.2) is 23.4 Å². The van der Waals surface area contributed by atoms with Crippen molar-refractivity contribution in [2.45, 2.75) is 12.8 Å². The molecule has 13 heavy (non-hydrogen) atoms. The molecule has 1 rings (SSSR count). The molecule has 1 heterocycles. The van der Waals surface area contributed by atoms with Crippen LogP contribution in [0.25, 0.3) is 0 Å². The first-order valence-corrected chi connectivity index (χ1v) is 3.83. The molecule has 5 heteroatoms. The highest BCUT2D eigenvalue weighted by molar-refractivity contribution is 5.49. The number of aldehydes is 1. The van der Waals surface area contributed by atoms with Crippen molar-refractivity contribution in [2.24, 2.45) is 0 Å². The molecule has 0 aliphatic carbocycles. The van der Waals surface area contributed by atoms with Crippen molar-refractivity contribution in [3.8, 4) is 5.88 Å². The van der Waals surface area contributed by atoms with Gasteiger partial charge in [-0.2, -0.15) is 9.87 Å². The smallest absolute Gasteiger partial charge is 0.259 e. The van der Waals surface area contributed by atoms with E-state index in [1.165, 1.54) is 7.11 Å². The van der Waals surface area contributed by atoms with Crippen LogP contribution in [0.5, 0.6) is 5.88 Å². The Labute approximate surface area is 75.6 Å². The van der Waals surface area contributed by atoms with E-state index in [4.69, 9.17) is 0 Å². The van der Waals surface area contributed by atoms with E-state index in [1.807, 2.05) is 0 Å². The zero-order valence-electron chi connectivity index (χ0n) is 7.27. The van der Waals surface area contributed by atoms with Crippen LogP contribution in [0, 0.1) is 0 Å². The monoisotopic (exact) mass is 182 g/mol. The molecular formula is C8H10N2O3. The molecule has 0 N–H and O–H groups in total. The van der Waals surface area contributed by atoms with Gasteiger partial charge in [-0.25, -0.2) is 4.98 Å². The normalized spacial score (nSPS) is 9.62. The Hall–Kier alpha value is -1.49. The lowest BCUT2D eigenvalue weighted by molar-refractivity contribution is -0.181. The molecule has 1 aromatic rings. The van der Waals surface area contributed by atoms with Crippen molar-refractivity contribution in [1.29, 1.82) is 0 Å². The second kappa shape index (κ2) is 5.21. The van der Waals surface area contributed by atoms with E-state index in [0.717, 1.165) is 6.29 Å². The molecule has 0 saturated carbocycles. The van der Waals surface area contributed by atoms with E-state index in [9.17, 15) is 4.79 Å². The van der Waals surface area contributed by atoms with E-state index in [2.05, 4.69) is 19.7 Å². The van der Waals surface area contributed by atoms with Crippen molar-refractivity contribution in [3.63, 3.8) is 0 Å². The molecule has 0 amide bonds. The fraction of sp³-hybridized carbons (Fsp3) is 0.375. The summed E-state index contributed by atoms with van der Waals surface area (Å²) < 4.78 is 0. The fourth-order valence-electron chi connectivity index (χ4n) is 0.821. The largest absolute Gasteiger partial charge is 0.317 e. The van der Waals surface area contributed by atoms with Gasteiger partial charge in [0.25, 0.3) is 5.88 Å². The van der Waals surface area contributed by atoms with E-state index < -0.39 is 0 Å². The predicted molar refractivity (Wildman–Crippen MR) is 44.1 cm³/mol. The summed E-state index contributed by atoms with van der Waals surface area (Å²) in [6, 6.07) is 1.58. The number of aryl methyl sites for hydroxylation is 1. The first-order valence-electron chi connectivity index (χ1n) is 3.83. The number of hydrogen-bond donors (Lipinski definition) is 0. The molecule has 0 radical (unpaired) electrons. The Morgan fingerprint density at radius 1 is 1.62 bits per heavy atom. The van der Waals surface area contributed by atoms with Crippen molar-refractivity contribution < 1.29 is 14.6 Å². The van der Waals surface area contributed by atoms with Gasteiger partial charge in [-0.15, -0.1) is 0 Å². The first-order chi connectivity index (χ1) is 6.36. The van der Waals surface area contributed by atoms with Gasteiger partial charge in [0, 0.05) is 25.1 Å². The predicted octanol–water partition coefficient (Wildman–Crippen LogP) is 0.548. The molecule has 0 aromatic carbocycles. The Balaban J connectivity index is 2.61. The third-order valence-corrected chi connectivity index (χ3v) is 1.33. The molecule has 0 unspecified atom stereocenters. The van der Waals surface area contributed by atoms with Crippen LogP contribution in [0.3, 0.4) is 0 Å². The van der Waals surface area contributed by atoms with Crippen molar-refractivity contribution in [2.75, 3.05) is 7.11 Å². The molecule has 0 spiro atoms. The number of rotatable bonds is 5. The Kier molecular flexibility index (Phi) is 3.84. The number of carbonyl (C=O) groups excluding carboxylic acids is 1. The van der Waals surface area contributed by atoms with Gasteiger partial charge in [-0.05, 0) is 0 Å². The van der Waals surface area contributed by atoms with Crippen LogP contribution in [0.1, 0.15) is 12.2 Å². The van der Waals surface area contributed by atoms with E-state index in [-0.39, 0.29) is 0 Å². The van der Waals surface area contributed by atoms with Crippen molar-refractivity contribution >= 4 is 6.29 Å². The minimum absolute atomic E-state index is 0.346. The van der Waals surface area contributed by atoms with Gasteiger partial charge < -0.3 is 9.68 Å². The summed E-state index contributed by atoms with van der Waals surface area (Å²) in [6.45, 7) is 0. The van der Waals surface area contributed by atoms with E-state index >= 15 is 0 Å². The van der Waals surface area contributed by atoms with Crippen molar-refractivity contribution in [1.82, 2.24) is 9.97 Å². The molecule has 0 aliphatic heterocycles. The number of nitrogens with zero attached hydrogens (tertiary/aromatic N) is 2. The number of aromatic nitrogens is 2. The molecule has 0 bridgehead atoms. The molecule has 70 valence electrons. The highest BCUT2D eigenvalue weighted by atomic mass is 17.2. The summed E-state index contributed by atoms with van der Waals surface area (Å²) in [5.41, 5.74) is 0. The van der Waals surface area contributed by atoms with Crippen LogP contribution in [-0.2, 0) is 16.1 Å². The van der Waals surface area contributed by atoms with Crippen LogP contribution < -0.4 is 4.89 Å². The zero-order valence-corrected chi connectivity index (χ0v) is 7.27. The van der Waals surface area contributed by atoms with Gasteiger partial charge >= 0.3 is 0 Å².